The number of nitrogens with zero attached hydrogens (tertiary/aromatic N) is 5. The average Bonchev–Trinajstić information content (AvgIpc) is 3.14. The SMILES string of the molecule is CCN(c1ccccc1)c1nc2nonc2nc1Nc1ccc(Cl)c(Cl)c1. The summed E-state index contributed by atoms with van der Waals surface area (Å²) in [6.07, 6.45) is 0. The smallest absolute Gasteiger partial charge is 0.245 e. The zero-order valence-electron chi connectivity index (χ0n) is 14.2. The van der Waals surface area contributed by atoms with Crippen LogP contribution in [0.5, 0.6) is 0 Å². The molecule has 0 unspecified atom stereocenters. The van der Waals surface area contributed by atoms with Crippen molar-refractivity contribution in [1.82, 2.24) is 20.3 Å². The van der Waals surface area contributed by atoms with Crippen molar-refractivity contribution in [2.75, 3.05) is 16.8 Å². The molecule has 136 valence electrons. The zero-order chi connectivity index (χ0) is 18.8. The Morgan fingerprint density at radius 2 is 1.70 bits per heavy atom. The summed E-state index contributed by atoms with van der Waals surface area (Å²) in [7, 11) is 0. The van der Waals surface area contributed by atoms with Crippen molar-refractivity contribution in [3.63, 3.8) is 0 Å². The fourth-order valence-electron chi connectivity index (χ4n) is 2.67. The van der Waals surface area contributed by atoms with E-state index in [-0.39, 0.29) is 0 Å². The Bertz CT molecular complexity index is 1090. The van der Waals surface area contributed by atoms with Gasteiger partial charge in [0, 0.05) is 17.9 Å². The highest BCUT2D eigenvalue weighted by Crippen LogP contribution is 2.33. The summed E-state index contributed by atoms with van der Waals surface area (Å²) in [6, 6.07) is 15.1. The van der Waals surface area contributed by atoms with Crippen LogP contribution in [0, 0.1) is 0 Å². The molecule has 2 heterocycles. The van der Waals surface area contributed by atoms with Crippen molar-refractivity contribution in [3.8, 4) is 0 Å². The van der Waals surface area contributed by atoms with Gasteiger partial charge in [0.1, 0.15) is 0 Å². The Morgan fingerprint density at radius 3 is 2.41 bits per heavy atom. The van der Waals surface area contributed by atoms with Crippen molar-refractivity contribution in [1.29, 1.82) is 0 Å². The molecule has 4 aromatic rings. The lowest BCUT2D eigenvalue weighted by Gasteiger charge is -2.24. The largest absolute Gasteiger partial charge is 0.337 e. The number of fused-ring (bicyclic) bond motifs is 1. The van der Waals surface area contributed by atoms with E-state index in [1.807, 2.05) is 48.2 Å². The molecule has 0 saturated heterocycles. The first-order valence-corrected chi connectivity index (χ1v) is 8.96. The maximum absolute atomic E-state index is 6.13. The molecular formula is C18H14Cl2N6O. The quantitative estimate of drug-likeness (QED) is 0.491. The number of para-hydroxylation sites is 1. The first-order valence-electron chi connectivity index (χ1n) is 8.20. The van der Waals surface area contributed by atoms with E-state index in [1.165, 1.54) is 0 Å². The Morgan fingerprint density at radius 1 is 0.963 bits per heavy atom. The third-order valence-electron chi connectivity index (χ3n) is 3.92. The number of rotatable bonds is 5. The highest BCUT2D eigenvalue weighted by molar-refractivity contribution is 6.42. The Balaban J connectivity index is 1.82. The van der Waals surface area contributed by atoms with E-state index in [0.717, 1.165) is 11.4 Å². The molecule has 4 rings (SSSR count). The van der Waals surface area contributed by atoms with Crippen molar-refractivity contribution in [2.24, 2.45) is 0 Å². The average molecular weight is 401 g/mol. The molecule has 0 bridgehead atoms. The van der Waals surface area contributed by atoms with E-state index < -0.39 is 0 Å². The second kappa shape index (κ2) is 7.38. The van der Waals surface area contributed by atoms with Crippen molar-refractivity contribution in [2.45, 2.75) is 6.92 Å². The van der Waals surface area contributed by atoms with E-state index in [1.54, 1.807) is 12.1 Å². The molecular weight excluding hydrogens is 387 g/mol. The van der Waals surface area contributed by atoms with Gasteiger partial charge in [0.2, 0.25) is 11.3 Å². The van der Waals surface area contributed by atoms with Crippen LogP contribution in [-0.4, -0.2) is 26.8 Å². The minimum atomic E-state index is 0.311. The zero-order valence-corrected chi connectivity index (χ0v) is 15.7. The Labute approximate surface area is 164 Å². The molecule has 0 aliphatic carbocycles. The highest BCUT2D eigenvalue weighted by atomic mass is 35.5. The molecule has 0 amide bonds. The van der Waals surface area contributed by atoms with Crippen LogP contribution in [0.25, 0.3) is 11.3 Å². The van der Waals surface area contributed by atoms with E-state index >= 15 is 0 Å². The van der Waals surface area contributed by atoms with Gasteiger partial charge in [-0.2, -0.15) is 0 Å². The van der Waals surface area contributed by atoms with Crippen molar-refractivity contribution >= 4 is 57.5 Å². The van der Waals surface area contributed by atoms with Gasteiger partial charge in [0.15, 0.2) is 11.6 Å². The van der Waals surface area contributed by atoms with Crippen LogP contribution in [0.1, 0.15) is 6.92 Å². The van der Waals surface area contributed by atoms with Crippen LogP contribution in [0.3, 0.4) is 0 Å². The Kier molecular flexibility index (Phi) is 4.79. The number of aromatic nitrogens is 4. The molecule has 7 nitrogen and oxygen atoms in total. The molecule has 2 aromatic carbocycles. The van der Waals surface area contributed by atoms with Crippen LogP contribution in [0.4, 0.5) is 23.0 Å². The lowest BCUT2D eigenvalue weighted by molar-refractivity contribution is 0.314. The van der Waals surface area contributed by atoms with Gasteiger partial charge in [-0.15, -0.1) is 0 Å². The Hall–Kier alpha value is -2.90. The summed E-state index contributed by atoms with van der Waals surface area (Å²) in [5.41, 5.74) is 2.34. The van der Waals surface area contributed by atoms with Crippen LogP contribution in [-0.2, 0) is 0 Å². The summed E-state index contributed by atoms with van der Waals surface area (Å²) in [4.78, 5) is 11.1. The lowest BCUT2D eigenvalue weighted by atomic mass is 10.2. The lowest BCUT2D eigenvalue weighted by Crippen LogP contribution is -2.19. The minimum absolute atomic E-state index is 0.311. The van der Waals surface area contributed by atoms with Gasteiger partial charge >= 0.3 is 0 Å². The van der Waals surface area contributed by atoms with Gasteiger partial charge < -0.3 is 10.2 Å². The number of anilines is 4. The van der Waals surface area contributed by atoms with Crippen LogP contribution >= 0.6 is 23.2 Å². The van der Waals surface area contributed by atoms with Gasteiger partial charge in [-0.05, 0) is 47.6 Å². The van der Waals surface area contributed by atoms with Gasteiger partial charge in [0.05, 0.1) is 10.0 Å². The second-order valence-electron chi connectivity index (χ2n) is 5.64. The number of benzene rings is 2. The summed E-state index contributed by atoms with van der Waals surface area (Å²) >= 11 is 12.1. The number of hydrogen-bond acceptors (Lipinski definition) is 7. The van der Waals surface area contributed by atoms with Crippen molar-refractivity contribution < 1.29 is 4.63 Å². The summed E-state index contributed by atoms with van der Waals surface area (Å²) in [6.45, 7) is 2.70. The first kappa shape index (κ1) is 17.5. The molecule has 27 heavy (non-hydrogen) atoms. The van der Waals surface area contributed by atoms with Crippen LogP contribution in [0.15, 0.2) is 53.2 Å². The molecule has 0 radical (unpaired) electrons. The fourth-order valence-corrected chi connectivity index (χ4v) is 2.97. The van der Waals surface area contributed by atoms with E-state index in [2.05, 4.69) is 25.6 Å². The molecule has 0 spiro atoms. The fraction of sp³-hybridized carbons (Fsp3) is 0.111. The summed E-state index contributed by atoms with van der Waals surface area (Å²) in [5, 5.41) is 11.8. The van der Waals surface area contributed by atoms with Gasteiger partial charge in [-0.1, -0.05) is 41.4 Å². The monoisotopic (exact) mass is 400 g/mol. The molecule has 0 atom stereocenters. The molecule has 0 aliphatic rings. The standard InChI is InChI=1S/C18H14Cl2N6O/c1-2-26(12-6-4-3-5-7-12)18-17(22-15-16(23-18)25-27-24-15)21-11-8-9-13(19)14(20)10-11/h3-10H,2H2,1H3,(H,21,22,24). The third-order valence-corrected chi connectivity index (χ3v) is 4.66. The topological polar surface area (TPSA) is 80.0 Å². The second-order valence-corrected chi connectivity index (χ2v) is 6.46. The van der Waals surface area contributed by atoms with Crippen LogP contribution < -0.4 is 10.2 Å². The van der Waals surface area contributed by atoms with E-state index in [0.29, 0.717) is 39.5 Å². The minimum Gasteiger partial charge on any atom is -0.337 e. The molecule has 9 heteroatoms. The van der Waals surface area contributed by atoms with Gasteiger partial charge in [-0.25, -0.2) is 14.6 Å². The summed E-state index contributed by atoms with van der Waals surface area (Å²) < 4.78 is 4.77. The predicted molar refractivity (Wildman–Crippen MR) is 106 cm³/mol. The molecule has 0 aliphatic heterocycles. The maximum Gasteiger partial charge on any atom is 0.245 e. The van der Waals surface area contributed by atoms with E-state index in [9.17, 15) is 0 Å². The normalized spacial score (nSPS) is 10.9. The first-order chi connectivity index (χ1) is 13.2. The predicted octanol–water partition coefficient (Wildman–Crippen LogP) is 5.22. The van der Waals surface area contributed by atoms with Gasteiger partial charge in [-0.3, -0.25) is 0 Å². The molecule has 0 saturated carbocycles. The number of halogens is 2. The maximum atomic E-state index is 6.13. The number of nitrogens with one attached hydrogen (secondary N) is 1. The molecule has 2 aromatic heterocycles. The van der Waals surface area contributed by atoms with E-state index in [4.69, 9.17) is 27.8 Å². The van der Waals surface area contributed by atoms with Crippen LogP contribution in [0.2, 0.25) is 10.0 Å². The molecule has 0 fully saturated rings. The molecule has 1 N–H and O–H groups in total. The highest BCUT2D eigenvalue weighted by Gasteiger charge is 2.19. The third kappa shape index (κ3) is 3.51. The number of hydrogen-bond donors (Lipinski definition) is 1. The van der Waals surface area contributed by atoms with Crippen molar-refractivity contribution in [3.05, 3.63) is 58.6 Å². The van der Waals surface area contributed by atoms with Gasteiger partial charge in [0.25, 0.3) is 0 Å². The summed E-state index contributed by atoms with van der Waals surface area (Å²) in [5.74, 6) is 1.10.